The van der Waals surface area contributed by atoms with E-state index in [0.29, 0.717) is 26.2 Å². The van der Waals surface area contributed by atoms with Crippen LogP contribution in [0.5, 0.6) is 0 Å². The van der Waals surface area contributed by atoms with Crippen molar-refractivity contribution in [1.82, 2.24) is 4.90 Å². The molecule has 0 radical (unpaired) electrons. The minimum Gasteiger partial charge on any atom is -0.481 e. The molecule has 1 N–H and O–H groups in total. The Kier molecular flexibility index (Phi) is 4.53. The molecule has 1 atom stereocenters. The largest absolute Gasteiger partial charge is 0.481 e. The standard InChI is InChI=1S/C18H21F2NO4/c1-17(16(23)24)4-7-21(11-17)15(22)18(5-8-25-9-6-18)13-3-2-12(19)10-14(13)20/h2-3,10H,4-9,11H2,1H3,(H,23,24)/t17-/m0/s1. The summed E-state index contributed by atoms with van der Waals surface area (Å²) in [7, 11) is 0. The summed E-state index contributed by atoms with van der Waals surface area (Å²) >= 11 is 0. The van der Waals surface area contributed by atoms with E-state index >= 15 is 0 Å². The third-order valence-corrected chi connectivity index (χ3v) is 5.48. The molecule has 0 unspecified atom stereocenters. The maximum absolute atomic E-state index is 14.5. The molecule has 136 valence electrons. The highest BCUT2D eigenvalue weighted by atomic mass is 19.1. The molecule has 2 aliphatic rings. The van der Waals surface area contributed by atoms with Crippen molar-refractivity contribution in [2.45, 2.75) is 31.6 Å². The number of halogens is 2. The number of likely N-dealkylation sites (tertiary alicyclic amines) is 1. The quantitative estimate of drug-likeness (QED) is 0.906. The van der Waals surface area contributed by atoms with Gasteiger partial charge in [-0.15, -0.1) is 0 Å². The number of hydrogen-bond donors (Lipinski definition) is 1. The van der Waals surface area contributed by atoms with Crippen molar-refractivity contribution >= 4 is 11.9 Å². The van der Waals surface area contributed by atoms with Crippen LogP contribution < -0.4 is 0 Å². The van der Waals surface area contributed by atoms with Gasteiger partial charge in [0.15, 0.2) is 0 Å². The molecule has 2 saturated heterocycles. The molecule has 3 rings (SSSR count). The van der Waals surface area contributed by atoms with Crippen LogP contribution in [-0.4, -0.2) is 48.2 Å². The van der Waals surface area contributed by atoms with E-state index in [0.717, 1.165) is 12.1 Å². The van der Waals surface area contributed by atoms with Gasteiger partial charge in [0.1, 0.15) is 11.6 Å². The number of carboxylic acid groups (broad SMARTS) is 1. The number of benzene rings is 1. The first-order valence-corrected chi connectivity index (χ1v) is 8.35. The summed E-state index contributed by atoms with van der Waals surface area (Å²) in [6, 6.07) is 3.25. The average molecular weight is 353 g/mol. The molecule has 1 aromatic carbocycles. The van der Waals surface area contributed by atoms with Gasteiger partial charge >= 0.3 is 5.97 Å². The minimum atomic E-state index is -1.14. The van der Waals surface area contributed by atoms with Crippen LogP contribution in [0.25, 0.3) is 0 Å². The van der Waals surface area contributed by atoms with E-state index in [-0.39, 0.29) is 30.9 Å². The normalized spacial score (nSPS) is 25.8. The number of ether oxygens (including phenoxy) is 1. The molecule has 25 heavy (non-hydrogen) atoms. The molecule has 0 aliphatic carbocycles. The Labute approximate surface area is 144 Å². The average Bonchev–Trinajstić information content (AvgIpc) is 2.98. The van der Waals surface area contributed by atoms with Crippen molar-refractivity contribution in [3.8, 4) is 0 Å². The number of carbonyl (C=O) groups is 2. The number of rotatable bonds is 3. The summed E-state index contributed by atoms with van der Waals surface area (Å²) in [5.74, 6) is -2.70. The number of carbonyl (C=O) groups excluding carboxylic acids is 1. The van der Waals surface area contributed by atoms with E-state index in [1.54, 1.807) is 6.92 Å². The Hall–Kier alpha value is -2.02. The molecule has 0 saturated carbocycles. The van der Waals surface area contributed by atoms with Crippen molar-refractivity contribution in [1.29, 1.82) is 0 Å². The van der Waals surface area contributed by atoms with Gasteiger partial charge in [-0.2, -0.15) is 0 Å². The first-order valence-electron chi connectivity index (χ1n) is 8.35. The van der Waals surface area contributed by atoms with Gasteiger partial charge in [-0.25, -0.2) is 8.78 Å². The zero-order valence-corrected chi connectivity index (χ0v) is 14.1. The molecule has 1 aromatic rings. The molecule has 2 fully saturated rings. The lowest BCUT2D eigenvalue weighted by Gasteiger charge is -2.39. The molecule has 0 spiro atoms. The topological polar surface area (TPSA) is 66.8 Å². The van der Waals surface area contributed by atoms with E-state index < -0.39 is 28.4 Å². The zero-order chi connectivity index (χ0) is 18.2. The summed E-state index contributed by atoms with van der Waals surface area (Å²) in [4.78, 5) is 26.2. The van der Waals surface area contributed by atoms with Gasteiger partial charge < -0.3 is 14.7 Å². The summed E-state index contributed by atoms with van der Waals surface area (Å²) in [5.41, 5.74) is -1.98. The van der Waals surface area contributed by atoms with E-state index in [1.807, 2.05) is 0 Å². The Morgan fingerprint density at radius 3 is 2.44 bits per heavy atom. The maximum Gasteiger partial charge on any atom is 0.311 e. The lowest BCUT2D eigenvalue weighted by Crippen LogP contribution is -2.50. The predicted octanol–water partition coefficient (Wildman–Crippen LogP) is 2.34. The third-order valence-electron chi connectivity index (χ3n) is 5.48. The van der Waals surface area contributed by atoms with Crippen LogP contribution in [0.15, 0.2) is 18.2 Å². The first kappa shape index (κ1) is 17.8. The Morgan fingerprint density at radius 2 is 1.88 bits per heavy atom. The van der Waals surface area contributed by atoms with E-state index in [4.69, 9.17) is 4.74 Å². The summed E-state index contributed by atoms with van der Waals surface area (Å²) in [6.45, 7) is 2.61. The molecule has 2 aliphatic heterocycles. The van der Waals surface area contributed by atoms with Gasteiger partial charge in [0.05, 0.1) is 10.8 Å². The fraction of sp³-hybridized carbons (Fsp3) is 0.556. The highest BCUT2D eigenvalue weighted by Gasteiger charge is 2.50. The van der Waals surface area contributed by atoms with Crippen molar-refractivity contribution in [3.63, 3.8) is 0 Å². The van der Waals surface area contributed by atoms with E-state index in [2.05, 4.69) is 0 Å². The number of hydrogen-bond acceptors (Lipinski definition) is 3. The number of carboxylic acids is 1. The van der Waals surface area contributed by atoms with Crippen LogP contribution in [0.2, 0.25) is 0 Å². The van der Waals surface area contributed by atoms with Crippen LogP contribution in [-0.2, 0) is 19.7 Å². The van der Waals surface area contributed by atoms with Crippen molar-refractivity contribution in [3.05, 3.63) is 35.4 Å². The maximum atomic E-state index is 14.5. The molecule has 2 heterocycles. The lowest BCUT2D eigenvalue weighted by molar-refractivity contribution is -0.148. The fourth-order valence-corrected chi connectivity index (χ4v) is 3.81. The van der Waals surface area contributed by atoms with Gasteiger partial charge in [0, 0.05) is 37.9 Å². The van der Waals surface area contributed by atoms with Crippen LogP contribution >= 0.6 is 0 Å². The summed E-state index contributed by atoms with van der Waals surface area (Å²) < 4.78 is 33.1. The summed E-state index contributed by atoms with van der Waals surface area (Å²) in [6.07, 6.45) is 0.926. The molecule has 0 aromatic heterocycles. The molecule has 7 heteroatoms. The molecule has 5 nitrogen and oxygen atoms in total. The van der Waals surface area contributed by atoms with Crippen LogP contribution in [0.3, 0.4) is 0 Å². The van der Waals surface area contributed by atoms with Gasteiger partial charge in [0.2, 0.25) is 5.91 Å². The highest BCUT2D eigenvalue weighted by Crippen LogP contribution is 2.41. The monoisotopic (exact) mass is 353 g/mol. The van der Waals surface area contributed by atoms with Crippen LogP contribution in [0.4, 0.5) is 8.78 Å². The van der Waals surface area contributed by atoms with Crippen molar-refractivity contribution < 1.29 is 28.2 Å². The zero-order valence-electron chi connectivity index (χ0n) is 14.1. The molecular weight excluding hydrogens is 332 g/mol. The summed E-state index contributed by atoms with van der Waals surface area (Å²) in [5, 5.41) is 9.38. The van der Waals surface area contributed by atoms with Crippen molar-refractivity contribution in [2.24, 2.45) is 5.41 Å². The highest BCUT2D eigenvalue weighted by molar-refractivity contribution is 5.89. The number of aliphatic carboxylic acids is 1. The Balaban J connectivity index is 1.96. The van der Waals surface area contributed by atoms with Crippen LogP contribution in [0, 0.1) is 17.0 Å². The Bertz CT molecular complexity index is 702. The predicted molar refractivity (Wildman–Crippen MR) is 85.0 cm³/mol. The number of nitrogens with zero attached hydrogens (tertiary/aromatic N) is 1. The lowest BCUT2D eigenvalue weighted by atomic mass is 9.72. The second-order valence-electron chi connectivity index (χ2n) is 7.16. The van der Waals surface area contributed by atoms with Crippen molar-refractivity contribution in [2.75, 3.05) is 26.3 Å². The fourth-order valence-electron chi connectivity index (χ4n) is 3.81. The Morgan fingerprint density at radius 1 is 1.20 bits per heavy atom. The van der Waals surface area contributed by atoms with Gasteiger partial charge in [-0.05, 0) is 32.3 Å². The van der Waals surface area contributed by atoms with E-state index in [1.165, 1.54) is 11.0 Å². The second-order valence-corrected chi connectivity index (χ2v) is 7.16. The minimum absolute atomic E-state index is 0.0899. The van der Waals surface area contributed by atoms with Gasteiger partial charge in [0.25, 0.3) is 0 Å². The smallest absolute Gasteiger partial charge is 0.311 e. The molecular formula is C18H21F2NO4. The van der Waals surface area contributed by atoms with Gasteiger partial charge in [-0.3, -0.25) is 9.59 Å². The number of amides is 1. The van der Waals surface area contributed by atoms with E-state index in [9.17, 15) is 23.5 Å². The first-order chi connectivity index (χ1) is 11.8. The second kappa shape index (κ2) is 6.37. The van der Waals surface area contributed by atoms with Gasteiger partial charge in [-0.1, -0.05) is 6.07 Å². The SMILES string of the molecule is C[C@]1(C(=O)O)CCN(C(=O)C2(c3ccc(F)cc3F)CCOCC2)C1. The third kappa shape index (κ3) is 3.01. The molecule has 1 amide bonds. The van der Waals surface area contributed by atoms with Crippen LogP contribution in [0.1, 0.15) is 31.7 Å². The molecule has 0 bridgehead atoms.